The maximum Gasteiger partial charge on any atom is 0.223 e. The van der Waals surface area contributed by atoms with E-state index >= 15 is 0 Å². The normalized spacial score (nSPS) is 18.8. The molecule has 0 bridgehead atoms. The minimum Gasteiger partial charge on any atom is -0.486 e. The van der Waals surface area contributed by atoms with Gasteiger partial charge in [0, 0.05) is 38.1 Å². The number of hydrogen-bond acceptors (Lipinski definition) is 6. The molecule has 196 valence electrons. The SMILES string of the molecule is Cc1ccc(CCC(=O)N2C[C@H](C)N(Cc3ccc(F)cc3)C[C@H]2C)c(OCC(=O)CS(N)(=O)=O)c1. The second kappa shape index (κ2) is 11.9. The maximum atomic E-state index is 13.2. The third-order valence-corrected chi connectivity index (χ3v) is 7.04. The molecule has 0 radical (unpaired) electrons. The molecule has 1 saturated heterocycles. The number of nitrogens with zero attached hydrogens (tertiary/aromatic N) is 2. The van der Waals surface area contributed by atoms with Crippen LogP contribution in [0.1, 0.15) is 37.0 Å². The fraction of sp³-hybridized carbons (Fsp3) is 0.462. The monoisotopic (exact) mass is 519 g/mol. The number of Topliss-reactive ketones (excluding diaryl/α,β-unsaturated/α-hetero) is 1. The number of halogens is 1. The van der Waals surface area contributed by atoms with Crippen molar-refractivity contribution in [2.75, 3.05) is 25.4 Å². The lowest BCUT2D eigenvalue weighted by Crippen LogP contribution is -2.57. The van der Waals surface area contributed by atoms with Gasteiger partial charge in [0.15, 0.2) is 5.78 Å². The first-order valence-corrected chi connectivity index (χ1v) is 13.7. The molecule has 0 saturated carbocycles. The summed E-state index contributed by atoms with van der Waals surface area (Å²) in [5.74, 6) is -1.19. The molecule has 1 aliphatic heterocycles. The fourth-order valence-corrected chi connectivity index (χ4v) is 4.93. The van der Waals surface area contributed by atoms with E-state index in [0.29, 0.717) is 25.3 Å². The lowest BCUT2D eigenvalue weighted by molar-refractivity contribution is -0.137. The van der Waals surface area contributed by atoms with E-state index in [0.717, 1.165) is 23.2 Å². The van der Waals surface area contributed by atoms with Gasteiger partial charge in [-0.2, -0.15) is 0 Å². The van der Waals surface area contributed by atoms with Gasteiger partial charge in [0.25, 0.3) is 0 Å². The number of aryl methyl sites for hydroxylation is 2. The Bertz CT molecular complexity index is 1190. The lowest BCUT2D eigenvalue weighted by Gasteiger charge is -2.44. The Hall–Kier alpha value is -2.82. The molecule has 1 fully saturated rings. The van der Waals surface area contributed by atoms with Crippen LogP contribution in [0.25, 0.3) is 0 Å². The summed E-state index contributed by atoms with van der Waals surface area (Å²) in [4.78, 5) is 29.2. The predicted octanol–water partition coefficient (Wildman–Crippen LogP) is 2.42. The molecule has 8 nitrogen and oxygen atoms in total. The van der Waals surface area contributed by atoms with Gasteiger partial charge in [-0.05, 0) is 62.1 Å². The number of rotatable bonds is 10. The van der Waals surface area contributed by atoms with E-state index in [2.05, 4.69) is 11.8 Å². The van der Waals surface area contributed by atoms with Crippen molar-refractivity contribution in [2.45, 2.75) is 52.2 Å². The standard InChI is InChI=1S/C26H34FN3O5S/c1-18-4-7-22(25(12-18)35-16-24(31)17-36(28,33)34)8-11-26(32)30-14-19(2)29(13-20(30)3)15-21-5-9-23(27)10-6-21/h4-7,9-10,12,19-20H,8,11,13-17H2,1-3H3,(H2,28,33,34)/t19-,20+/m0/s1. The molecule has 10 heteroatoms. The molecule has 2 aromatic carbocycles. The van der Waals surface area contributed by atoms with E-state index in [-0.39, 0.29) is 30.2 Å². The van der Waals surface area contributed by atoms with Gasteiger partial charge in [0.1, 0.15) is 23.9 Å². The molecule has 0 spiro atoms. The molecule has 1 heterocycles. The number of ether oxygens (including phenoxy) is 1. The summed E-state index contributed by atoms with van der Waals surface area (Å²) in [6, 6.07) is 12.2. The summed E-state index contributed by atoms with van der Waals surface area (Å²) < 4.78 is 41.0. The van der Waals surface area contributed by atoms with E-state index in [1.807, 2.05) is 30.9 Å². The summed E-state index contributed by atoms with van der Waals surface area (Å²) in [5.41, 5.74) is 2.72. The highest BCUT2D eigenvalue weighted by Gasteiger charge is 2.31. The zero-order valence-corrected chi connectivity index (χ0v) is 21.8. The van der Waals surface area contributed by atoms with E-state index in [4.69, 9.17) is 9.88 Å². The Balaban J connectivity index is 1.57. The van der Waals surface area contributed by atoms with Crippen LogP contribution in [0.2, 0.25) is 0 Å². The van der Waals surface area contributed by atoms with Crippen LogP contribution >= 0.6 is 0 Å². The number of sulfonamides is 1. The van der Waals surface area contributed by atoms with Crippen LogP contribution in [0.4, 0.5) is 4.39 Å². The van der Waals surface area contributed by atoms with Gasteiger partial charge in [-0.25, -0.2) is 17.9 Å². The molecular formula is C26H34FN3O5S. The first-order chi connectivity index (χ1) is 16.9. The Morgan fingerprint density at radius 1 is 1.08 bits per heavy atom. The van der Waals surface area contributed by atoms with Crippen molar-refractivity contribution in [3.63, 3.8) is 0 Å². The second-order valence-corrected chi connectivity index (χ2v) is 11.2. The third-order valence-electron chi connectivity index (χ3n) is 6.32. The van der Waals surface area contributed by atoms with Crippen LogP contribution in [-0.4, -0.2) is 67.4 Å². The fourth-order valence-electron chi connectivity index (χ4n) is 4.40. The summed E-state index contributed by atoms with van der Waals surface area (Å²) in [6.45, 7) is 7.59. The summed E-state index contributed by atoms with van der Waals surface area (Å²) >= 11 is 0. The second-order valence-electron chi connectivity index (χ2n) is 9.55. The molecule has 2 N–H and O–H groups in total. The summed E-state index contributed by atoms with van der Waals surface area (Å²) in [5, 5.41) is 4.92. The quantitative estimate of drug-likeness (QED) is 0.516. The van der Waals surface area contributed by atoms with Gasteiger partial charge in [0.2, 0.25) is 15.9 Å². The molecular weight excluding hydrogens is 485 g/mol. The molecule has 0 unspecified atom stereocenters. The van der Waals surface area contributed by atoms with Crippen LogP contribution in [0.5, 0.6) is 5.75 Å². The van der Waals surface area contributed by atoms with Crippen molar-refractivity contribution < 1.29 is 27.1 Å². The van der Waals surface area contributed by atoms with Crippen molar-refractivity contribution in [2.24, 2.45) is 5.14 Å². The largest absolute Gasteiger partial charge is 0.486 e. The van der Waals surface area contributed by atoms with Gasteiger partial charge in [-0.15, -0.1) is 0 Å². The van der Waals surface area contributed by atoms with Gasteiger partial charge < -0.3 is 9.64 Å². The van der Waals surface area contributed by atoms with E-state index in [1.165, 1.54) is 12.1 Å². The van der Waals surface area contributed by atoms with Crippen molar-refractivity contribution in [1.29, 1.82) is 0 Å². The topological polar surface area (TPSA) is 110 Å². The average Bonchev–Trinajstić information content (AvgIpc) is 2.79. The minimum atomic E-state index is -3.91. The maximum absolute atomic E-state index is 13.2. The predicted molar refractivity (Wildman–Crippen MR) is 135 cm³/mol. The third kappa shape index (κ3) is 8.11. The number of benzene rings is 2. The zero-order valence-electron chi connectivity index (χ0n) is 20.9. The number of ketones is 1. The summed E-state index contributed by atoms with van der Waals surface area (Å²) in [7, 11) is -3.91. The number of carbonyl (C=O) groups is 2. The van der Waals surface area contributed by atoms with E-state index in [9.17, 15) is 22.4 Å². The Labute approximate surface area is 212 Å². The van der Waals surface area contributed by atoms with E-state index in [1.54, 1.807) is 18.2 Å². The number of hydrogen-bond donors (Lipinski definition) is 1. The molecule has 2 atom stereocenters. The molecule has 2 aromatic rings. The van der Waals surface area contributed by atoms with Crippen LogP contribution in [0.15, 0.2) is 42.5 Å². The molecule has 0 aliphatic carbocycles. The van der Waals surface area contributed by atoms with Gasteiger partial charge in [-0.3, -0.25) is 14.5 Å². The number of carbonyl (C=O) groups excluding carboxylic acids is 2. The molecule has 1 amide bonds. The summed E-state index contributed by atoms with van der Waals surface area (Å²) in [6.07, 6.45) is 0.703. The molecule has 1 aliphatic rings. The zero-order chi connectivity index (χ0) is 26.5. The van der Waals surface area contributed by atoms with Crippen molar-refractivity contribution in [3.05, 3.63) is 65.0 Å². The molecule has 3 rings (SSSR count). The number of piperazine rings is 1. The van der Waals surface area contributed by atoms with Crippen LogP contribution in [0.3, 0.4) is 0 Å². The lowest BCUT2D eigenvalue weighted by atomic mass is 10.0. The highest BCUT2D eigenvalue weighted by Crippen LogP contribution is 2.24. The van der Waals surface area contributed by atoms with Gasteiger partial charge in [0.05, 0.1) is 0 Å². The minimum absolute atomic E-state index is 0.0266. The van der Waals surface area contributed by atoms with Crippen LogP contribution < -0.4 is 9.88 Å². The van der Waals surface area contributed by atoms with Crippen molar-refractivity contribution >= 4 is 21.7 Å². The average molecular weight is 520 g/mol. The Kier molecular flexibility index (Phi) is 9.21. The van der Waals surface area contributed by atoms with Crippen molar-refractivity contribution in [1.82, 2.24) is 9.80 Å². The van der Waals surface area contributed by atoms with Crippen molar-refractivity contribution in [3.8, 4) is 5.75 Å². The van der Waals surface area contributed by atoms with E-state index < -0.39 is 28.2 Å². The highest BCUT2D eigenvalue weighted by atomic mass is 32.2. The smallest absolute Gasteiger partial charge is 0.223 e. The van der Waals surface area contributed by atoms with Gasteiger partial charge in [-0.1, -0.05) is 24.3 Å². The van der Waals surface area contributed by atoms with Crippen LogP contribution in [0, 0.1) is 12.7 Å². The Morgan fingerprint density at radius 3 is 2.44 bits per heavy atom. The number of nitrogens with two attached hydrogens (primary N) is 1. The first kappa shape index (κ1) is 27.8. The number of amides is 1. The molecule has 0 aromatic heterocycles. The Morgan fingerprint density at radius 2 is 1.78 bits per heavy atom. The number of primary sulfonamides is 1. The molecule has 36 heavy (non-hydrogen) atoms. The highest BCUT2D eigenvalue weighted by molar-refractivity contribution is 7.89. The van der Waals surface area contributed by atoms with Gasteiger partial charge >= 0.3 is 0 Å². The van der Waals surface area contributed by atoms with Crippen LogP contribution in [-0.2, 0) is 32.6 Å². The first-order valence-electron chi connectivity index (χ1n) is 11.9.